The lowest BCUT2D eigenvalue weighted by Crippen LogP contribution is -2.42. The van der Waals surface area contributed by atoms with Crippen molar-refractivity contribution in [2.24, 2.45) is 0 Å². The first-order valence-electron chi connectivity index (χ1n) is 9.64. The molecule has 1 atom stereocenters. The lowest BCUT2D eigenvalue weighted by Gasteiger charge is -2.17. The van der Waals surface area contributed by atoms with E-state index in [1.54, 1.807) is 33.9 Å². The number of hydrogen-bond donors (Lipinski definition) is 1. The Bertz CT molecular complexity index is 1520. The second kappa shape index (κ2) is 8.46. The van der Waals surface area contributed by atoms with E-state index in [0.29, 0.717) is 28.5 Å². The third-order valence-corrected chi connectivity index (χ3v) is 7.36. The molecule has 0 spiro atoms. The first-order valence-corrected chi connectivity index (χ1v) is 12.0. The Balaban J connectivity index is 1.88. The molecule has 1 aromatic carbocycles. The van der Waals surface area contributed by atoms with Gasteiger partial charge in [0.05, 0.1) is 22.5 Å². The zero-order valence-electron chi connectivity index (χ0n) is 17.6. The van der Waals surface area contributed by atoms with Crippen LogP contribution in [0.1, 0.15) is 18.1 Å². The van der Waals surface area contributed by atoms with Crippen LogP contribution in [0.25, 0.3) is 27.4 Å². The number of nitrogens with zero attached hydrogens (tertiary/aromatic N) is 4. The van der Waals surface area contributed by atoms with Crippen molar-refractivity contribution in [1.82, 2.24) is 19.3 Å². The Kier molecular flexibility index (Phi) is 5.92. The minimum absolute atomic E-state index is 0.0935. The molecule has 13 heteroatoms. The molecule has 0 aliphatic carbocycles. The van der Waals surface area contributed by atoms with E-state index in [0.717, 1.165) is 12.3 Å². The number of nitriles is 1. The molecule has 3 aromatic heterocycles. The normalized spacial score (nSPS) is 13.2. The monoisotopic (exact) mass is 509 g/mol. The van der Waals surface area contributed by atoms with Crippen LogP contribution in [0.4, 0.5) is 17.6 Å². The van der Waals surface area contributed by atoms with Gasteiger partial charge < -0.3 is 0 Å². The van der Waals surface area contributed by atoms with Gasteiger partial charge in [0.15, 0.2) is 5.13 Å². The number of thiazole rings is 1. The molecule has 34 heavy (non-hydrogen) atoms. The van der Waals surface area contributed by atoms with Crippen LogP contribution >= 0.6 is 11.3 Å². The Morgan fingerprint density at radius 3 is 2.53 bits per heavy atom. The average molecular weight is 510 g/mol. The molecular formula is C21H15F4N5O2S2. The van der Waals surface area contributed by atoms with Crippen molar-refractivity contribution >= 4 is 32.3 Å². The van der Waals surface area contributed by atoms with Gasteiger partial charge in [-0.15, -0.1) is 11.3 Å². The molecule has 0 saturated heterocycles. The fraction of sp³-hybridized carbons (Fsp3) is 0.190. The predicted molar refractivity (Wildman–Crippen MR) is 117 cm³/mol. The third-order valence-electron chi connectivity index (χ3n) is 5.08. The highest BCUT2D eigenvalue weighted by atomic mass is 32.2. The number of rotatable bonds is 5. The summed E-state index contributed by atoms with van der Waals surface area (Å²) in [5.41, 5.74) is 1.34. The molecule has 3 heterocycles. The van der Waals surface area contributed by atoms with E-state index in [1.807, 2.05) is 6.07 Å². The number of sulfonamides is 1. The smallest absolute Gasteiger partial charge is 0.282 e. The van der Waals surface area contributed by atoms with Gasteiger partial charge in [0.1, 0.15) is 22.8 Å². The zero-order chi connectivity index (χ0) is 24.8. The first-order chi connectivity index (χ1) is 15.9. The summed E-state index contributed by atoms with van der Waals surface area (Å²) in [5, 5.41) is 12.4. The van der Waals surface area contributed by atoms with Crippen LogP contribution in [0.3, 0.4) is 0 Å². The summed E-state index contributed by atoms with van der Waals surface area (Å²) < 4.78 is 80.6. The van der Waals surface area contributed by atoms with E-state index in [-0.39, 0.29) is 17.0 Å². The summed E-state index contributed by atoms with van der Waals surface area (Å²) >= 11 is 1.26. The predicted octanol–water partition coefficient (Wildman–Crippen LogP) is 4.70. The number of benzene rings is 1. The van der Waals surface area contributed by atoms with Gasteiger partial charge in [-0.25, -0.2) is 17.8 Å². The second-order valence-corrected chi connectivity index (χ2v) is 9.95. The van der Waals surface area contributed by atoms with Crippen LogP contribution in [0.15, 0.2) is 46.9 Å². The van der Waals surface area contributed by atoms with Crippen LogP contribution in [0, 0.1) is 24.1 Å². The van der Waals surface area contributed by atoms with Crippen LogP contribution < -0.4 is 4.72 Å². The van der Waals surface area contributed by atoms with Gasteiger partial charge in [0.25, 0.3) is 0 Å². The van der Waals surface area contributed by atoms with E-state index in [9.17, 15) is 31.2 Å². The molecule has 0 unspecified atom stereocenters. The van der Waals surface area contributed by atoms with Gasteiger partial charge in [-0.3, -0.25) is 9.55 Å². The van der Waals surface area contributed by atoms with Gasteiger partial charge >= 0.3 is 6.18 Å². The molecule has 1 N–H and O–H groups in total. The van der Waals surface area contributed by atoms with Gasteiger partial charge in [0.2, 0.25) is 10.0 Å². The van der Waals surface area contributed by atoms with Gasteiger partial charge in [-0.2, -0.15) is 23.2 Å². The highest BCUT2D eigenvalue weighted by molar-refractivity contribution is 7.89. The van der Waals surface area contributed by atoms with Crippen molar-refractivity contribution in [3.8, 4) is 22.6 Å². The number of hydrogen-bond acceptors (Lipinski definition) is 6. The topological polar surface area (TPSA) is 101 Å². The van der Waals surface area contributed by atoms with E-state index in [4.69, 9.17) is 0 Å². The zero-order valence-corrected chi connectivity index (χ0v) is 19.2. The summed E-state index contributed by atoms with van der Waals surface area (Å²) in [7, 11) is -4.51. The van der Waals surface area contributed by atoms with Crippen LogP contribution in [0.5, 0.6) is 0 Å². The molecule has 4 rings (SSSR count). The molecule has 4 aromatic rings. The largest absolute Gasteiger partial charge is 0.404 e. The van der Waals surface area contributed by atoms with Gasteiger partial charge in [-0.1, -0.05) is 0 Å². The van der Waals surface area contributed by atoms with Crippen LogP contribution in [-0.2, 0) is 10.0 Å². The highest BCUT2D eigenvalue weighted by Gasteiger charge is 2.39. The molecule has 0 radical (unpaired) electrons. The Morgan fingerprint density at radius 1 is 1.24 bits per heavy atom. The van der Waals surface area contributed by atoms with Crippen molar-refractivity contribution in [3.05, 3.63) is 59.0 Å². The molecule has 0 aliphatic rings. The number of alkyl halides is 3. The van der Waals surface area contributed by atoms with E-state index in [1.165, 1.54) is 23.5 Å². The summed E-state index contributed by atoms with van der Waals surface area (Å²) in [6, 6.07) is 4.91. The SMILES string of the molecule is Cc1cc2c(cc1F)c(C#N)c(-c1ccc(S(=O)(=O)N[C@@H](C)C(F)(F)F)cn1)n2-c1nccs1. The summed E-state index contributed by atoms with van der Waals surface area (Å²) in [6.07, 6.45) is -2.31. The summed E-state index contributed by atoms with van der Waals surface area (Å²) in [4.78, 5) is 7.91. The maximum absolute atomic E-state index is 14.3. The Hall–Kier alpha value is -3.34. The molecule has 0 aliphatic heterocycles. The van der Waals surface area contributed by atoms with E-state index in [2.05, 4.69) is 9.97 Å². The molecule has 0 saturated carbocycles. The molecule has 0 bridgehead atoms. The lowest BCUT2D eigenvalue weighted by atomic mass is 10.1. The average Bonchev–Trinajstić information content (AvgIpc) is 3.39. The molecule has 0 amide bonds. The van der Waals surface area contributed by atoms with Crippen molar-refractivity contribution in [2.75, 3.05) is 0 Å². The van der Waals surface area contributed by atoms with Gasteiger partial charge in [-0.05, 0) is 43.7 Å². The maximum Gasteiger partial charge on any atom is 0.404 e. The van der Waals surface area contributed by atoms with Crippen LogP contribution in [-0.4, -0.2) is 35.2 Å². The fourth-order valence-corrected chi connectivity index (χ4v) is 5.17. The summed E-state index contributed by atoms with van der Waals surface area (Å²) in [5.74, 6) is -0.508. The quantitative estimate of drug-likeness (QED) is 0.393. The molecule has 0 fully saturated rings. The van der Waals surface area contributed by atoms with Crippen molar-refractivity contribution in [1.29, 1.82) is 5.26 Å². The Morgan fingerprint density at radius 2 is 1.97 bits per heavy atom. The standard InChI is InChI=1S/C21H15F4N5O2S2/c1-11-7-18-14(8-16(11)22)15(9-26)19(30(18)20-27-5-6-33-20)17-4-3-13(10-28-17)34(31,32)29-12(2)21(23,24)25/h3-8,10,12,29H,1-2H3/t12-/m0/s1. The number of nitrogens with one attached hydrogen (secondary N) is 1. The van der Waals surface area contributed by atoms with E-state index >= 15 is 0 Å². The minimum atomic E-state index is -4.76. The summed E-state index contributed by atoms with van der Waals surface area (Å²) in [6.45, 7) is 2.26. The molecule has 176 valence electrons. The Labute approximate surface area is 195 Å². The minimum Gasteiger partial charge on any atom is -0.282 e. The molecule has 7 nitrogen and oxygen atoms in total. The fourth-order valence-electron chi connectivity index (χ4n) is 3.34. The lowest BCUT2D eigenvalue weighted by molar-refractivity contribution is -0.147. The highest BCUT2D eigenvalue weighted by Crippen LogP contribution is 2.37. The maximum atomic E-state index is 14.3. The van der Waals surface area contributed by atoms with Crippen molar-refractivity contribution in [3.63, 3.8) is 0 Å². The number of aryl methyl sites for hydroxylation is 1. The third kappa shape index (κ3) is 4.15. The van der Waals surface area contributed by atoms with Crippen LogP contribution in [0.2, 0.25) is 0 Å². The number of fused-ring (bicyclic) bond motifs is 1. The second-order valence-electron chi connectivity index (χ2n) is 7.37. The van der Waals surface area contributed by atoms with Crippen molar-refractivity contribution in [2.45, 2.75) is 31.0 Å². The number of aromatic nitrogens is 3. The number of halogens is 4. The number of pyridine rings is 1. The first kappa shape index (κ1) is 23.8. The van der Waals surface area contributed by atoms with Crippen molar-refractivity contribution < 1.29 is 26.0 Å². The van der Waals surface area contributed by atoms with Gasteiger partial charge in [0, 0.05) is 23.2 Å². The van der Waals surface area contributed by atoms with E-state index < -0.39 is 33.0 Å². The molecular weight excluding hydrogens is 494 g/mol.